The Hall–Kier alpha value is -1.26. The molecule has 2 rings (SSSR count). The molecule has 1 heterocycles. The summed E-state index contributed by atoms with van der Waals surface area (Å²) in [5, 5.41) is 6.61. The van der Waals surface area contributed by atoms with Gasteiger partial charge in [0.25, 0.3) is 5.91 Å². The molecule has 1 aromatic carbocycles. The second-order valence-corrected chi connectivity index (χ2v) is 5.51. The van der Waals surface area contributed by atoms with Crippen LogP contribution in [-0.4, -0.2) is 31.2 Å². The van der Waals surface area contributed by atoms with E-state index in [1.807, 2.05) is 13.8 Å². The SMILES string of the molecule is CNc1ccc(Cl)cc1C(=O)NC1(C)CCOC1C. The van der Waals surface area contributed by atoms with Crippen LogP contribution >= 0.6 is 11.6 Å². The molecule has 4 nitrogen and oxygen atoms in total. The van der Waals surface area contributed by atoms with Gasteiger partial charge in [0.15, 0.2) is 0 Å². The van der Waals surface area contributed by atoms with Crippen LogP contribution in [0.25, 0.3) is 0 Å². The Morgan fingerprint density at radius 1 is 1.53 bits per heavy atom. The van der Waals surface area contributed by atoms with E-state index in [1.54, 1.807) is 25.2 Å². The van der Waals surface area contributed by atoms with Crippen molar-refractivity contribution in [2.45, 2.75) is 31.9 Å². The predicted molar refractivity (Wildman–Crippen MR) is 76.9 cm³/mol. The Morgan fingerprint density at radius 2 is 2.26 bits per heavy atom. The molecule has 1 aromatic rings. The molecule has 2 atom stereocenters. The van der Waals surface area contributed by atoms with Crippen LogP contribution in [0.5, 0.6) is 0 Å². The van der Waals surface area contributed by atoms with Gasteiger partial charge in [0.05, 0.1) is 17.2 Å². The second kappa shape index (κ2) is 5.39. The highest BCUT2D eigenvalue weighted by molar-refractivity contribution is 6.31. The number of rotatable bonds is 3. The zero-order valence-electron chi connectivity index (χ0n) is 11.4. The number of carbonyl (C=O) groups excluding carboxylic acids is 1. The van der Waals surface area contributed by atoms with Gasteiger partial charge in [-0.1, -0.05) is 11.6 Å². The number of hydrogen-bond donors (Lipinski definition) is 2. The Morgan fingerprint density at radius 3 is 2.84 bits per heavy atom. The molecule has 19 heavy (non-hydrogen) atoms. The second-order valence-electron chi connectivity index (χ2n) is 5.07. The van der Waals surface area contributed by atoms with Crippen LogP contribution in [0.2, 0.25) is 5.02 Å². The summed E-state index contributed by atoms with van der Waals surface area (Å²) in [4.78, 5) is 12.4. The molecule has 0 spiro atoms. The van der Waals surface area contributed by atoms with Crippen molar-refractivity contribution in [3.05, 3.63) is 28.8 Å². The van der Waals surface area contributed by atoms with Gasteiger partial charge in [0.1, 0.15) is 0 Å². The Kier molecular flexibility index (Phi) is 4.02. The van der Waals surface area contributed by atoms with Gasteiger partial charge in [0.2, 0.25) is 0 Å². The Labute approximate surface area is 118 Å². The Bertz CT molecular complexity index is 492. The molecule has 0 radical (unpaired) electrons. The summed E-state index contributed by atoms with van der Waals surface area (Å²) in [6.07, 6.45) is 0.823. The molecule has 104 valence electrons. The lowest BCUT2D eigenvalue weighted by molar-refractivity contribution is 0.0728. The molecule has 1 saturated heterocycles. The first kappa shape index (κ1) is 14.2. The van der Waals surface area contributed by atoms with Crippen LogP contribution in [0.4, 0.5) is 5.69 Å². The number of amides is 1. The number of anilines is 1. The maximum atomic E-state index is 12.4. The number of nitrogens with one attached hydrogen (secondary N) is 2. The summed E-state index contributed by atoms with van der Waals surface area (Å²) in [6.45, 7) is 4.66. The highest BCUT2D eigenvalue weighted by atomic mass is 35.5. The van der Waals surface area contributed by atoms with Crippen LogP contribution in [0, 0.1) is 0 Å². The van der Waals surface area contributed by atoms with Crippen LogP contribution in [0.15, 0.2) is 18.2 Å². The summed E-state index contributed by atoms with van der Waals surface area (Å²) >= 11 is 5.97. The van der Waals surface area contributed by atoms with E-state index in [9.17, 15) is 4.79 Å². The highest BCUT2D eigenvalue weighted by Crippen LogP contribution is 2.27. The molecule has 1 amide bonds. The van der Waals surface area contributed by atoms with E-state index in [-0.39, 0.29) is 17.6 Å². The zero-order chi connectivity index (χ0) is 14.0. The van der Waals surface area contributed by atoms with Crippen molar-refractivity contribution in [3.63, 3.8) is 0 Å². The van der Waals surface area contributed by atoms with Gasteiger partial charge < -0.3 is 15.4 Å². The van der Waals surface area contributed by atoms with Crippen molar-refractivity contribution < 1.29 is 9.53 Å². The first-order valence-electron chi connectivity index (χ1n) is 6.38. The van der Waals surface area contributed by atoms with Crippen LogP contribution in [0.3, 0.4) is 0 Å². The van der Waals surface area contributed by atoms with E-state index in [1.165, 1.54) is 0 Å². The van der Waals surface area contributed by atoms with Crippen LogP contribution < -0.4 is 10.6 Å². The van der Waals surface area contributed by atoms with Crippen molar-refractivity contribution in [1.29, 1.82) is 0 Å². The minimum absolute atomic E-state index is 0.00803. The molecule has 1 fully saturated rings. The van der Waals surface area contributed by atoms with Crippen LogP contribution in [-0.2, 0) is 4.74 Å². The van der Waals surface area contributed by atoms with Gasteiger partial charge in [0, 0.05) is 24.4 Å². The Balaban J connectivity index is 2.22. The van der Waals surface area contributed by atoms with Gasteiger partial charge in [-0.25, -0.2) is 0 Å². The first-order chi connectivity index (χ1) is 8.96. The molecule has 1 aliphatic heterocycles. The van der Waals surface area contributed by atoms with Crippen LogP contribution in [0.1, 0.15) is 30.6 Å². The number of hydrogen-bond acceptors (Lipinski definition) is 3. The van der Waals surface area contributed by atoms with E-state index in [0.29, 0.717) is 17.2 Å². The monoisotopic (exact) mass is 282 g/mol. The lowest BCUT2D eigenvalue weighted by atomic mass is 9.94. The van der Waals surface area contributed by atoms with Gasteiger partial charge in [-0.15, -0.1) is 0 Å². The van der Waals surface area contributed by atoms with Crippen molar-refractivity contribution >= 4 is 23.2 Å². The summed E-state index contributed by atoms with van der Waals surface area (Å²) in [5.41, 5.74) is 0.983. The summed E-state index contributed by atoms with van der Waals surface area (Å²) in [7, 11) is 1.78. The molecule has 0 aliphatic carbocycles. The van der Waals surface area contributed by atoms with Gasteiger partial charge in [-0.05, 0) is 38.5 Å². The molecule has 2 unspecified atom stereocenters. The zero-order valence-corrected chi connectivity index (χ0v) is 12.2. The third-order valence-electron chi connectivity index (χ3n) is 3.78. The number of halogens is 1. The smallest absolute Gasteiger partial charge is 0.253 e. The fourth-order valence-corrected chi connectivity index (χ4v) is 2.42. The first-order valence-corrected chi connectivity index (χ1v) is 6.75. The lowest BCUT2D eigenvalue weighted by Crippen LogP contribution is -2.50. The third-order valence-corrected chi connectivity index (χ3v) is 4.02. The van der Waals surface area contributed by atoms with E-state index >= 15 is 0 Å². The van der Waals surface area contributed by atoms with E-state index in [0.717, 1.165) is 12.1 Å². The standard InChI is InChI=1S/C14H19ClN2O2/c1-9-14(2,6-7-19-9)17-13(18)11-8-10(15)4-5-12(11)16-3/h4-5,8-9,16H,6-7H2,1-3H3,(H,17,18). The topological polar surface area (TPSA) is 50.4 Å². The molecular weight excluding hydrogens is 264 g/mol. The van der Waals surface area contributed by atoms with E-state index < -0.39 is 0 Å². The number of ether oxygens (including phenoxy) is 1. The third kappa shape index (κ3) is 2.85. The molecule has 0 bridgehead atoms. The molecule has 2 N–H and O–H groups in total. The highest BCUT2D eigenvalue weighted by Gasteiger charge is 2.38. The molecule has 0 saturated carbocycles. The minimum atomic E-state index is -0.329. The van der Waals surface area contributed by atoms with Crippen molar-refractivity contribution in [3.8, 4) is 0 Å². The van der Waals surface area contributed by atoms with Gasteiger partial charge >= 0.3 is 0 Å². The number of carbonyl (C=O) groups is 1. The summed E-state index contributed by atoms with van der Waals surface area (Å²) < 4.78 is 5.53. The molecule has 1 aliphatic rings. The average molecular weight is 283 g/mol. The van der Waals surface area contributed by atoms with E-state index in [2.05, 4.69) is 10.6 Å². The van der Waals surface area contributed by atoms with Crippen molar-refractivity contribution in [2.75, 3.05) is 19.0 Å². The van der Waals surface area contributed by atoms with Crippen molar-refractivity contribution in [1.82, 2.24) is 5.32 Å². The van der Waals surface area contributed by atoms with Gasteiger partial charge in [-0.3, -0.25) is 4.79 Å². The fraction of sp³-hybridized carbons (Fsp3) is 0.500. The molecule has 5 heteroatoms. The summed E-state index contributed by atoms with van der Waals surface area (Å²) in [5.74, 6) is -0.133. The van der Waals surface area contributed by atoms with Gasteiger partial charge in [-0.2, -0.15) is 0 Å². The summed E-state index contributed by atoms with van der Waals surface area (Å²) in [6, 6.07) is 5.23. The molecule has 0 aromatic heterocycles. The maximum Gasteiger partial charge on any atom is 0.253 e. The van der Waals surface area contributed by atoms with E-state index in [4.69, 9.17) is 16.3 Å². The fourth-order valence-electron chi connectivity index (χ4n) is 2.25. The largest absolute Gasteiger partial charge is 0.387 e. The maximum absolute atomic E-state index is 12.4. The quantitative estimate of drug-likeness (QED) is 0.896. The lowest BCUT2D eigenvalue weighted by Gasteiger charge is -2.29. The van der Waals surface area contributed by atoms with Crippen molar-refractivity contribution in [2.24, 2.45) is 0 Å². The normalized spacial score (nSPS) is 26.2. The predicted octanol–water partition coefficient (Wildman–Crippen LogP) is 2.68. The minimum Gasteiger partial charge on any atom is -0.387 e. The molecular formula is C14H19ClN2O2. The number of benzene rings is 1. The average Bonchev–Trinajstić information content (AvgIpc) is 2.69.